The Balaban J connectivity index is 1.62. The van der Waals surface area contributed by atoms with Gasteiger partial charge in [-0.15, -0.1) is 0 Å². The van der Waals surface area contributed by atoms with Crippen molar-refractivity contribution < 1.29 is 23.5 Å². The van der Waals surface area contributed by atoms with Gasteiger partial charge in [0.1, 0.15) is 5.58 Å². The topological polar surface area (TPSA) is 103 Å². The monoisotopic (exact) mass is 394 g/mol. The van der Waals surface area contributed by atoms with E-state index in [1.54, 1.807) is 24.3 Å². The van der Waals surface area contributed by atoms with E-state index in [9.17, 15) is 14.4 Å². The number of rotatable bonds is 8. The number of ether oxygens (including phenoxy) is 1. The summed E-state index contributed by atoms with van der Waals surface area (Å²) in [5.74, 6) is -1.49. The molecule has 0 spiro atoms. The zero-order valence-corrected chi connectivity index (χ0v) is 16.1. The molecule has 0 aliphatic rings. The standard InChI is InChI=1S/C22H22N2O5/c1-15-7-8-18-16(13-28-19(18)11-15)12-22(27)29-14-21(26)24(10-9-20(23)25)17-5-3-2-4-6-17/h2-8,11,13H,9-10,12,14H2,1H3,(H2,23,25). The zero-order chi connectivity index (χ0) is 20.8. The van der Waals surface area contributed by atoms with Crippen LogP contribution >= 0.6 is 0 Å². The number of benzene rings is 2. The number of primary amides is 1. The van der Waals surface area contributed by atoms with Crippen LogP contribution in [0.3, 0.4) is 0 Å². The van der Waals surface area contributed by atoms with Crippen molar-refractivity contribution in [1.82, 2.24) is 0 Å². The van der Waals surface area contributed by atoms with E-state index in [4.69, 9.17) is 14.9 Å². The van der Waals surface area contributed by atoms with Gasteiger partial charge >= 0.3 is 5.97 Å². The van der Waals surface area contributed by atoms with Gasteiger partial charge in [0.15, 0.2) is 6.61 Å². The van der Waals surface area contributed by atoms with Crippen molar-refractivity contribution in [3.05, 3.63) is 65.9 Å². The third-order valence-electron chi connectivity index (χ3n) is 4.45. The maximum Gasteiger partial charge on any atom is 0.310 e. The third kappa shape index (κ3) is 5.22. The molecule has 0 saturated carbocycles. The SMILES string of the molecule is Cc1ccc2c(CC(=O)OCC(=O)N(CCC(N)=O)c3ccccc3)coc2c1. The number of carbonyl (C=O) groups excluding carboxylic acids is 3. The highest BCUT2D eigenvalue weighted by molar-refractivity contribution is 5.96. The molecular formula is C22H22N2O5. The zero-order valence-electron chi connectivity index (χ0n) is 16.1. The normalized spacial score (nSPS) is 10.7. The third-order valence-corrected chi connectivity index (χ3v) is 4.45. The summed E-state index contributed by atoms with van der Waals surface area (Å²) in [6.07, 6.45) is 1.53. The van der Waals surface area contributed by atoms with Gasteiger partial charge < -0.3 is 19.8 Å². The number of nitrogens with zero attached hydrogens (tertiary/aromatic N) is 1. The molecule has 150 valence electrons. The van der Waals surface area contributed by atoms with Crippen LogP contribution in [0.4, 0.5) is 5.69 Å². The molecule has 3 aromatic rings. The van der Waals surface area contributed by atoms with Crippen molar-refractivity contribution in [2.75, 3.05) is 18.1 Å². The lowest BCUT2D eigenvalue weighted by molar-refractivity contribution is -0.147. The predicted octanol–water partition coefficient (Wildman–Crippen LogP) is 2.74. The minimum absolute atomic E-state index is 0.00400. The Morgan fingerprint density at radius 2 is 1.86 bits per heavy atom. The number of carbonyl (C=O) groups is 3. The van der Waals surface area contributed by atoms with Gasteiger partial charge in [0.05, 0.1) is 12.7 Å². The highest BCUT2D eigenvalue weighted by Gasteiger charge is 2.19. The molecule has 0 aliphatic carbocycles. The Hall–Kier alpha value is -3.61. The molecule has 0 fully saturated rings. The molecule has 0 radical (unpaired) electrons. The van der Waals surface area contributed by atoms with E-state index in [-0.39, 0.29) is 19.4 Å². The number of aryl methyl sites for hydroxylation is 1. The van der Waals surface area contributed by atoms with E-state index in [0.29, 0.717) is 16.8 Å². The van der Waals surface area contributed by atoms with Gasteiger partial charge in [-0.05, 0) is 30.7 Å². The molecule has 0 aliphatic heterocycles. The first-order valence-electron chi connectivity index (χ1n) is 9.20. The predicted molar refractivity (Wildman–Crippen MR) is 108 cm³/mol. The van der Waals surface area contributed by atoms with Crippen molar-refractivity contribution in [3.8, 4) is 0 Å². The molecule has 7 heteroatoms. The van der Waals surface area contributed by atoms with Gasteiger partial charge in [0.25, 0.3) is 5.91 Å². The van der Waals surface area contributed by atoms with Crippen LogP contribution in [0.2, 0.25) is 0 Å². The molecule has 0 atom stereocenters. The number of nitrogens with two attached hydrogens (primary N) is 1. The Morgan fingerprint density at radius 1 is 1.10 bits per heavy atom. The van der Waals surface area contributed by atoms with E-state index in [1.807, 2.05) is 31.2 Å². The first-order chi connectivity index (χ1) is 13.9. The molecule has 0 unspecified atom stereocenters. The Bertz CT molecular complexity index is 1030. The van der Waals surface area contributed by atoms with Crippen molar-refractivity contribution in [2.24, 2.45) is 5.73 Å². The van der Waals surface area contributed by atoms with E-state index in [0.717, 1.165) is 10.9 Å². The Labute approximate surface area is 168 Å². The number of esters is 1. The molecule has 3 rings (SSSR count). The second kappa shape index (κ2) is 9.05. The number of amides is 2. The van der Waals surface area contributed by atoms with E-state index < -0.39 is 24.4 Å². The molecule has 2 aromatic carbocycles. The van der Waals surface area contributed by atoms with Crippen LogP contribution in [0.25, 0.3) is 11.0 Å². The summed E-state index contributed by atoms with van der Waals surface area (Å²) in [6.45, 7) is 1.64. The molecule has 29 heavy (non-hydrogen) atoms. The van der Waals surface area contributed by atoms with E-state index in [1.165, 1.54) is 11.2 Å². The van der Waals surface area contributed by atoms with Crippen molar-refractivity contribution in [2.45, 2.75) is 19.8 Å². The summed E-state index contributed by atoms with van der Waals surface area (Å²) < 4.78 is 10.7. The summed E-state index contributed by atoms with van der Waals surface area (Å²) in [5, 5.41) is 0.839. The molecule has 7 nitrogen and oxygen atoms in total. The van der Waals surface area contributed by atoms with Crippen LogP contribution in [-0.4, -0.2) is 30.9 Å². The number of furan rings is 1. The number of anilines is 1. The van der Waals surface area contributed by atoms with Crippen LogP contribution in [0.15, 0.2) is 59.2 Å². The lowest BCUT2D eigenvalue weighted by Gasteiger charge is -2.22. The smallest absolute Gasteiger partial charge is 0.310 e. The second-order valence-electron chi connectivity index (χ2n) is 6.70. The van der Waals surface area contributed by atoms with Crippen LogP contribution in [0.1, 0.15) is 17.5 Å². The summed E-state index contributed by atoms with van der Waals surface area (Å²) in [6, 6.07) is 14.6. The maximum absolute atomic E-state index is 12.6. The fraction of sp³-hybridized carbons (Fsp3) is 0.227. The number of hydrogen-bond acceptors (Lipinski definition) is 5. The van der Waals surface area contributed by atoms with Gasteiger partial charge in [0.2, 0.25) is 5.91 Å². The summed E-state index contributed by atoms with van der Waals surface area (Å²) in [7, 11) is 0. The lowest BCUT2D eigenvalue weighted by Crippen LogP contribution is -2.37. The molecule has 2 N–H and O–H groups in total. The van der Waals surface area contributed by atoms with Gasteiger partial charge in [-0.1, -0.05) is 30.3 Å². The number of hydrogen-bond donors (Lipinski definition) is 1. The Kier molecular flexibility index (Phi) is 6.29. The van der Waals surface area contributed by atoms with E-state index in [2.05, 4.69) is 0 Å². The fourth-order valence-corrected chi connectivity index (χ4v) is 2.98. The molecule has 2 amide bonds. The fourth-order valence-electron chi connectivity index (χ4n) is 2.98. The van der Waals surface area contributed by atoms with Crippen LogP contribution in [-0.2, 0) is 25.5 Å². The molecule has 1 aromatic heterocycles. The maximum atomic E-state index is 12.6. The minimum atomic E-state index is -0.537. The summed E-state index contributed by atoms with van der Waals surface area (Å²) >= 11 is 0. The number of fused-ring (bicyclic) bond motifs is 1. The first-order valence-corrected chi connectivity index (χ1v) is 9.20. The van der Waals surface area contributed by atoms with Gasteiger partial charge in [-0.3, -0.25) is 14.4 Å². The van der Waals surface area contributed by atoms with Gasteiger partial charge in [-0.2, -0.15) is 0 Å². The quantitative estimate of drug-likeness (QED) is 0.592. The highest BCUT2D eigenvalue weighted by atomic mass is 16.5. The molecule has 0 saturated heterocycles. The Morgan fingerprint density at radius 3 is 2.59 bits per heavy atom. The second-order valence-corrected chi connectivity index (χ2v) is 6.70. The summed E-state index contributed by atoms with van der Waals surface area (Å²) in [5.41, 5.74) is 8.26. The average Bonchev–Trinajstić information content (AvgIpc) is 3.08. The van der Waals surface area contributed by atoms with Gasteiger partial charge in [-0.25, -0.2) is 0 Å². The van der Waals surface area contributed by atoms with Gasteiger partial charge in [0, 0.05) is 29.6 Å². The average molecular weight is 394 g/mol. The largest absolute Gasteiger partial charge is 0.464 e. The van der Waals surface area contributed by atoms with Crippen LogP contribution in [0.5, 0.6) is 0 Å². The number of para-hydroxylation sites is 1. The van der Waals surface area contributed by atoms with Crippen LogP contribution < -0.4 is 10.6 Å². The molecule has 0 bridgehead atoms. The molecular weight excluding hydrogens is 372 g/mol. The van der Waals surface area contributed by atoms with Crippen molar-refractivity contribution in [3.63, 3.8) is 0 Å². The van der Waals surface area contributed by atoms with Crippen molar-refractivity contribution >= 4 is 34.4 Å². The summed E-state index contributed by atoms with van der Waals surface area (Å²) in [4.78, 5) is 37.3. The highest BCUT2D eigenvalue weighted by Crippen LogP contribution is 2.23. The minimum Gasteiger partial charge on any atom is -0.464 e. The lowest BCUT2D eigenvalue weighted by atomic mass is 10.1. The van der Waals surface area contributed by atoms with Crippen LogP contribution in [0, 0.1) is 6.92 Å². The van der Waals surface area contributed by atoms with E-state index >= 15 is 0 Å². The van der Waals surface area contributed by atoms with Crippen molar-refractivity contribution in [1.29, 1.82) is 0 Å². The first kappa shape index (κ1) is 20.1. The molecule has 1 heterocycles.